The zero-order valence-corrected chi connectivity index (χ0v) is 11.4. The molecule has 0 bridgehead atoms. The highest BCUT2D eigenvalue weighted by Gasteiger charge is 2.30. The first kappa shape index (κ1) is 15.0. The average molecular weight is 305 g/mol. The van der Waals surface area contributed by atoms with Crippen LogP contribution in [0.4, 0.5) is 13.6 Å². The summed E-state index contributed by atoms with van der Waals surface area (Å²) in [4.78, 5) is 11.5. The summed E-state index contributed by atoms with van der Waals surface area (Å²) in [5, 5.41) is 5.39. The van der Waals surface area contributed by atoms with Gasteiger partial charge in [-0.15, -0.1) is 0 Å². The zero-order valence-electron chi connectivity index (χ0n) is 10.6. The molecular formula is C13H15ClF2N2O2. The fraction of sp³-hybridized carbons (Fsp3) is 0.462. The first-order valence-electron chi connectivity index (χ1n) is 6.26. The Bertz CT molecular complexity index is 456. The molecule has 2 rings (SSSR count). The molecule has 1 heterocycles. The highest BCUT2D eigenvalue weighted by Crippen LogP contribution is 2.29. The largest absolute Gasteiger partial charge is 0.371 e. The Labute approximate surface area is 120 Å². The molecule has 2 N–H and O–H groups in total. The lowest BCUT2D eigenvalue weighted by molar-refractivity contribution is 0.0994. The van der Waals surface area contributed by atoms with E-state index in [4.69, 9.17) is 16.3 Å². The fourth-order valence-electron chi connectivity index (χ4n) is 2.11. The van der Waals surface area contributed by atoms with Crippen molar-refractivity contribution >= 4 is 17.6 Å². The van der Waals surface area contributed by atoms with Crippen LogP contribution in [0.2, 0.25) is 5.02 Å². The predicted molar refractivity (Wildman–Crippen MR) is 71.1 cm³/mol. The smallest absolute Gasteiger partial charge is 0.315 e. The standard InChI is InChI=1S/C13H15ClF2N2O2/c14-9-3-1-8(2-4-9)12-10(5-6-20-12)18-13(19)17-7-11(15)16/h1-4,10-12H,5-7H2,(H2,17,18,19)/t10-,12-/m0/s1. The van der Waals surface area contributed by atoms with Crippen molar-refractivity contribution in [2.75, 3.05) is 13.2 Å². The van der Waals surface area contributed by atoms with E-state index in [1.165, 1.54) is 0 Å². The van der Waals surface area contributed by atoms with Crippen molar-refractivity contribution in [2.24, 2.45) is 0 Å². The predicted octanol–water partition coefficient (Wildman–Crippen LogP) is 2.73. The van der Waals surface area contributed by atoms with Gasteiger partial charge >= 0.3 is 6.03 Å². The van der Waals surface area contributed by atoms with Crippen LogP contribution in [0.3, 0.4) is 0 Å². The summed E-state index contributed by atoms with van der Waals surface area (Å²) >= 11 is 5.82. The topological polar surface area (TPSA) is 50.4 Å². The van der Waals surface area contributed by atoms with Crippen LogP contribution >= 0.6 is 11.6 Å². The molecule has 1 aliphatic heterocycles. The molecule has 4 nitrogen and oxygen atoms in total. The Balaban J connectivity index is 1.93. The summed E-state index contributed by atoms with van der Waals surface area (Å²) in [7, 11) is 0. The van der Waals surface area contributed by atoms with Crippen molar-refractivity contribution < 1.29 is 18.3 Å². The number of urea groups is 1. The number of amides is 2. The molecule has 0 radical (unpaired) electrons. The Morgan fingerprint density at radius 3 is 2.75 bits per heavy atom. The van der Waals surface area contributed by atoms with Gasteiger partial charge in [0, 0.05) is 11.6 Å². The molecule has 110 valence electrons. The third kappa shape index (κ3) is 4.05. The minimum atomic E-state index is -2.56. The molecule has 0 aliphatic carbocycles. The second-order valence-corrected chi connectivity index (χ2v) is 4.92. The van der Waals surface area contributed by atoms with E-state index in [9.17, 15) is 13.6 Å². The molecule has 0 spiro atoms. The number of carbonyl (C=O) groups excluding carboxylic acids is 1. The van der Waals surface area contributed by atoms with Gasteiger partial charge in [0.05, 0.1) is 12.6 Å². The number of ether oxygens (including phenoxy) is 1. The number of hydrogen-bond donors (Lipinski definition) is 2. The summed E-state index contributed by atoms with van der Waals surface area (Å²) in [6.45, 7) is -0.155. The molecular weight excluding hydrogens is 290 g/mol. The molecule has 1 aromatic carbocycles. The number of carbonyl (C=O) groups is 1. The normalized spacial score (nSPS) is 22.0. The van der Waals surface area contributed by atoms with E-state index in [1.54, 1.807) is 12.1 Å². The lowest BCUT2D eigenvalue weighted by atomic mass is 10.0. The van der Waals surface area contributed by atoms with E-state index >= 15 is 0 Å². The van der Waals surface area contributed by atoms with Crippen LogP contribution in [-0.2, 0) is 4.74 Å². The molecule has 2 amide bonds. The molecule has 0 unspecified atom stereocenters. The van der Waals surface area contributed by atoms with Gasteiger partial charge in [-0.1, -0.05) is 23.7 Å². The van der Waals surface area contributed by atoms with Crippen molar-refractivity contribution in [3.8, 4) is 0 Å². The van der Waals surface area contributed by atoms with Gasteiger partial charge in [0.2, 0.25) is 0 Å². The molecule has 2 atom stereocenters. The Kier molecular flexibility index (Phi) is 5.14. The number of halogens is 3. The van der Waals surface area contributed by atoms with E-state index in [-0.39, 0.29) is 12.1 Å². The van der Waals surface area contributed by atoms with Crippen LogP contribution in [0.15, 0.2) is 24.3 Å². The van der Waals surface area contributed by atoms with Crippen LogP contribution in [0, 0.1) is 0 Å². The van der Waals surface area contributed by atoms with Crippen molar-refractivity contribution in [3.63, 3.8) is 0 Å². The summed E-state index contributed by atoms with van der Waals surface area (Å²) in [6.07, 6.45) is -2.22. The monoisotopic (exact) mass is 304 g/mol. The SMILES string of the molecule is O=C(NCC(F)F)N[C@H]1CCO[C@H]1c1ccc(Cl)cc1. The molecule has 1 aromatic rings. The highest BCUT2D eigenvalue weighted by molar-refractivity contribution is 6.30. The maximum atomic E-state index is 12.0. The van der Waals surface area contributed by atoms with E-state index in [1.807, 2.05) is 12.1 Å². The quantitative estimate of drug-likeness (QED) is 0.898. The number of nitrogens with one attached hydrogen (secondary N) is 2. The van der Waals surface area contributed by atoms with Crippen molar-refractivity contribution in [3.05, 3.63) is 34.9 Å². The number of alkyl halides is 2. The van der Waals surface area contributed by atoms with E-state index in [0.717, 1.165) is 5.56 Å². The van der Waals surface area contributed by atoms with Gasteiger partial charge in [-0.3, -0.25) is 0 Å². The van der Waals surface area contributed by atoms with E-state index in [0.29, 0.717) is 18.1 Å². The van der Waals surface area contributed by atoms with Crippen LogP contribution in [-0.4, -0.2) is 31.7 Å². The zero-order chi connectivity index (χ0) is 14.5. The van der Waals surface area contributed by atoms with Gasteiger partial charge in [-0.25, -0.2) is 13.6 Å². The summed E-state index contributed by atoms with van der Waals surface area (Å²) in [6, 6.07) is 6.28. The van der Waals surface area contributed by atoms with Crippen molar-refractivity contribution in [1.29, 1.82) is 0 Å². The van der Waals surface area contributed by atoms with Gasteiger partial charge in [-0.05, 0) is 24.1 Å². The van der Waals surface area contributed by atoms with Gasteiger partial charge in [0.15, 0.2) is 0 Å². The maximum absolute atomic E-state index is 12.0. The number of hydrogen-bond acceptors (Lipinski definition) is 2. The van der Waals surface area contributed by atoms with Crippen LogP contribution in [0.25, 0.3) is 0 Å². The van der Waals surface area contributed by atoms with Gasteiger partial charge in [0.25, 0.3) is 6.43 Å². The van der Waals surface area contributed by atoms with Crippen molar-refractivity contribution in [1.82, 2.24) is 10.6 Å². The molecule has 20 heavy (non-hydrogen) atoms. The van der Waals surface area contributed by atoms with Crippen molar-refractivity contribution in [2.45, 2.75) is 25.0 Å². The lowest BCUT2D eigenvalue weighted by Crippen LogP contribution is -2.44. The number of benzene rings is 1. The minimum Gasteiger partial charge on any atom is -0.371 e. The third-order valence-corrected chi connectivity index (χ3v) is 3.28. The number of rotatable bonds is 4. The lowest BCUT2D eigenvalue weighted by Gasteiger charge is -2.20. The Morgan fingerprint density at radius 1 is 1.40 bits per heavy atom. The minimum absolute atomic E-state index is 0.242. The van der Waals surface area contributed by atoms with E-state index < -0.39 is 19.0 Å². The maximum Gasteiger partial charge on any atom is 0.315 e. The molecule has 1 aliphatic rings. The molecule has 0 saturated carbocycles. The Morgan fingerprint density at radius 2 is 2.10 bits per heavy atom. The molecule has 0 aromatic heterocycles. The van der Waals surface area contributed by atoms with E-state index in [2.05, 4.69) is 10.6 Å². The summed E-state index contributed by atoms with van der Waals surface area (Å²) in [5.74, 6) is 0. The summed E-state index contributed by atoms with van der Waals surface area (Å²) in [5.41, 5.74) is 0.894. The van der Waals surface area contributed by atoms with Crippen LogP contribution < -0.4 is 10.6 Å². The fourth-order valence-corrected chi connectivity index (χ4v) is 2.23. The molecule has 7 heteroatoms. The van der Waals surface area contributed by atoms with Crippen LogP contribution in [0.5, 0.6) is 0 Å². The van der Waals surface area contributed by atoms with Gasteiger partial charge in [0.1, 0.15) is 6.10 Å². The first-order chi connectivity index (χ1) is 9.56. The average Bonchev–Trinajstić information content (AvgIpc) is 2.85. The molecule has 1 saturated heterocycles. The second-order valence-electron chi connectivity index (χ2n) is 4.48. The second kappa shape index (κ2) is 6.85. The summed E-state index contributed by atoms with van der Waals surface area (Å²) < 4.78 is 29.6. The van der Waals surface area contributed by atoms with Gasteiger partial charge < -0.3 is 15.4 Å². The third-order valence-electron chi connectivity index (χ3n) is 3.02. The van der Waals surface area contributed by atoms with Crippen LogP contribution in [0.1, 0.15) is 18.1 Å². The Hall–Kier alpha value is -1.40. The molecule has 1 fully saturated rings. The first-order valence-corrected chi connectivity index (χ1v) is 6.63. The van der Waals surface area contributed by atoms with Gasteiger partial charge in [-0.2, -0.15) is 0 Å². The highest BCUT2D eigenvalue weighted by atomic mass is 35.5.